The van der Waals surface area contributed by atoms with E-state index in [2.05, 4.69) is 53.5 Å². The van der Waals surface area contributed by atoms with Gasteiger partial charge in [-0.2, -0.15) is 0 Å². The van der Waals surface area contributed by atoms with Crippen molar-refractivity contribution in [1.82, 2.24) is 4.90 Å². The van der Waals surface area contributed by atoms with Crippen LogP contribution in [0.4, 0.5) is 0 Å². The van der Waals surface area contributed by atoms with Gasteiger partial charge in [0.25, 0.3) is 0 Å². The predicted octanol–water partition coefficient (Wildman–Crippen LogP) is 3.40. The first-order valence-corrected chi connectivity index (χ1v) is 5.51. The average Bonchev–Trinajstić information content (AvgIpc) is 2.01. The van der Waals surface area contributed by atoms with Crippen molar-refractivity contribution in [1.29, 1.82) is 0 Å². The van der Waals surface area contributed by atoms with Crippen molar-refractivity contribution >= 4 is 0 Å². The van der Waals surface area contributed by atoms with Gasteiger partial charge in [0.2, 0.25) is 0 Å². The second-order valence-corrected chi connectivity index (χ2v) is 5.27. The van der Waals surface area contributed by atoms with E-state index in [-0.39, 0.29) is 0 Å². The Morgan fingerprint density at radius 3 is 1.92 bits per heavy atom. The van der Waals surface area contributed by atoms with Crippen LogP contribution in [0.3, 0.4) is 0 Å². The van der Waals surface area contributed by atoms with E-state index in [1.54, 1.807) is 0 Å². The summed E-state index contributed by atoms with van der Waals surface area (Å²) in [6.45, 7) is 15.1. The smallest absolute Gasteiger partial charge is 0.00689 e. The highest BCUT2D eigenvalue weighted by Gasteiger charge is 2.25. The van der Waals surface area contributed by atoms with Crippen molar-refractivity contribution in [3.05, 3.63) is 0 Å². The normalized spacial score (nSPS) is 15.5. The van der Waals surface area contributed by atoms with Crippen LogP contribution in [0.5, 0.6) is 0 Å². The van der Waals surface area contributed by atoms with Crippen molar-refractivity contribution in [3.8, 4) is 0 Å². The molecule has 0 fully saturated rings. The van der Waals surface area contributed by atoms with Gasteiger partial charge in [0, 0.05) is 6.04 Å². The van der Waals surface area contributed by atoms with Crippen molar-refractivity contribution in [3.63, 3.8) is 0 Å². The minimum atomic E-state index is 0.461. The maximum absolute atomic E-state index is 2.42. The van der Waals surface area contributed by atoms with Gasteiger partial charge in [-0.25, -0.2) is 0 Å². The van der Waals surface area contributed by atoms with E-state index in [0.29, 0.717) is 11.5 Å². The van der Waals surface area contributed by atoms with Crippen LogP contribution in [-0.2, 0) is 0 Å². The topological polar surface area (TPSA) is 3.24 Å². The fourth-order valence-corrected chi connectivity index (χ4v) is 1.46. The van der Waals surface area contributed by atoms with E-state index in [1.165, 1.54) is 6.42 Å². The van der Waals surface area contributed by atoms with Crippen LogP contribution in [0.2, 0.25) is 0 Å². The summed E-state index contributed by atoms with van der Waals surface area (Å²) in [5.74, 6) is 0.764. The molecule has 1 nitrogen and oxygen atoms in total. The molecule has 0 aromatic heterocycles. The minimum Gasteiger partial charge on any atom is -0.304 e. The Labute approximate surface area is 84.5 Å². The second kappa shape index (κ2) is 4.99. The molecule has 13 heavy (non-hydrogen) atoms. The fourth-order valence-electron chi connectivity index (χ4n) is 1.46. The largest absolute Gasteiger partial charge is 0.304 e. The van der Waals surface area contributed by atoms with E-state index in [9.17, 15) is 0 Å². The molecular formula is C12H27N. The highest BCUT2D eigenvalue weighted by molar-refractivity contribution is 4.78. The Hall–Kier alpha value is -0.0400. The standard InChI is InChI=1S/C12H27N/c1-8-13(7)11(4)9-12(5,6)10(2)3/h10-11H,8-9H2,1-7H3. The van der Waals surface area contributed by atoms with Crippen LogP contribution in [-0.4, -0.2) is 24.5 Å². The van der Waals surface area contributed by atoms with Crippen molar-refractivity contribution < 1.29 is 0 Å². The van der Waals surface area contributed by atoms with E-state index in [1.807, 2.05) is 0 Å². The molecule has 0 aromatic carbocycles. The second-order valence-electron chi connectivity index (χ2n) is 5.27. The number of hydrogen-bond acceptors (Lipinski definition) is 1. The van der Waals surface area contributed by atoms with Gasteiger partial charge >= 0.3 is 0 Å². The van der Waals surface area contributed by atoms with E-state index >= 15 is 0 Å². The summed E-state index contributed by atoms with van der Waals surface area (Å²) < 4.78 is 0. The summed E-state index contributed by atoms with van der Waals surface area (Å²) >= 11 is 0. The summed E-state index contributed by atoms with van der Waals surface area (Å²) in [6, 6.07) is 0.697. The molecule has 0 aromatic rings. The third-order valence-corrected chi connectivity index (χ3v) is 3.64. The van der Waals surface area contributed by atoms with Crippen LogP contribution >= 0.6 is 0 Å². The van der Waals surface area contributed by atoms with Gasteiger partial charge in [-0.05, 0) is 38.3 Å². The highest BCUT2D eigenvalue weighted by Crippen LogP contribution is 2.32. The minimum absolute atomic E-state index is 0.461. The van der Waals surface area contributed by atoms with Gasteiger partial charge in [-0.15, -0.1) is 0 Å². The molecule has 0 N–H and O–H groups in total. The molecule has 1 atom stereocenters. The Bertz CT molecular complexity index is 138. The molecule has 0 aliphatic heterocycles. The van der Waals surface area contributed by atoms with Crippen LogP contribution in [0, 0.1) is 11.3 Å². The lowest BCUT2D eigenvalue weighted by Crippen LogP contribution is -2.35. The summed E-state index contributed by atoms with van der Waals surface area (Å²) in [7, 11) is 2.21. The van der Waals surface area contributed by atoms with Crippen LogP contribution in [0.1, 0.15) is 48.0 Å². The first-order chi connectivity index (χ1) is 5.81. The zero-order valence-electron chi connectivity index (χ0n) is 10.5. The lowest BCUT2D eigenvalue weighted by molar-refractivity contribution is 0.147. The molecule has 0 radical (unpaired) electrons. The Morgan fingerprint density at radius 2 is 1.62 bits per heavy atom. The van der Waals surface area contributed by atoms with Crippen LogP contribution in [0.15, 0.2) is 0 Å². The van der Waals surface area contributed by atoms with Crippen molar-refractivity contribution in [2.75, 3.05) is 13.6 Å². The molecule has 0 bridgehead atoms. The SMILES string of the molecule is CCN(C)C(C)CC(C)(C)C(C)C. The number of nitrogens with zero attached hydrogens (tertiary/aromatic N) is 1. The molecule has 0 heterocycles. The molecule has 0 saturated heterocycles. The van der Waals surface area contributed by atoms with Gasteiger partial charge in [-0.1, -0.05) is 34.6 Å². The molecule has 0 amide bonds. The zero-order chi connectivity index (χ0) is 10.6. The van der Waals surface area contributed by atoms with Gasteiger partial charge in [-0.3, -0.25) is 0 Å². The van der Waals surface area contributed by atoms with Gasteiger partial charge in [0.05, 0.1) is 0 Å². The van der Waals surface area contributed by atoms with Gasteiger partial charge < -0.3 is 4.90 Å². The molecule has 0 aliphatic rings. The number of rotatable bonds is 5. The molecular weight excluding hydrogens is 158 g/mol. The maximum Gasteiger partial charge on any atom is 0.00689 e. The first kappa shape index (κ1) is 13.0. The number of hydrogen-bond donors (Lipinski definition) is 0. The summed E-state index contributed by atoms with van der Waals surface area (Å²) in [4.78, 5) is 2.42. The molecule has 1 heteroatoms. The van der Waals surface area contributed by atoms with E-state index in [0.717, 1.165) is 12.5 Å². The van der Waals surface area contributed by atoms with Crippen molar-refractivity contribution in [2.45, 2.75) is 54.0 Å². The fraction of sp³-hybridized carbons (Fsp3) is 1.00. The average molecular weight is 185 g/mol. The quantitative estimate of drug-likeness (QED) is 0.634. The first-order valence-electron chi connectivity index (χ1n) is 5.51. The Morgan fingerprint density at radius 1 is 1.15 bits per heavy atom. The summed E-state index contributed by atoms with van der Waals surface area (Å²) in [5, 5.41) is 0. The molecule has 0 spiro atoms. The molecule has 1 unspecified atom stereocenters. The lowest BCUT2D eigenvalue weighted by Gasteiger charge is -2.35. The van der Waals surface area contributed by atoms with Crippen LogP contribution in [0.25, 0.3) is 0 Å². The summed E-state index contributed by atoms with van der Waals surface area (Å²) in [6.07, 6.45) is 1.29. The van der Waals surface area contributed by atoms with E-state index in [4.69, 9.17) is 0 Å². The van der Waals surface area contributed by atoms with Crippen molar-refractivity contribution in [2.24, 2.45) is 11.3 Å². The molecule has 0 rings (SSSR count). The van der Waals surface area contributed by atoms with Gasteiger partial charge in [0.1, 0.15) is 0 Å². The molecule has 0 aliphatic carbocycles. The third kappa shape index (κ3) is 4.12. The monoisotopic (exact) mass is 185 g/mol. The predicted molar refractivity (Wildman–Crippen MR) is 61.0 cm³/mol. The Kier molecular flexibility index (Phi) is 4.98. The third-order valence-electron chi connectivity index (χ3n) is 3.64. The highest BCUT2D eigenvalue weighted by atomic mass is 15.1. The van der Waals surface area contributed by atoms with Gasteiger partial charge in [0.15, 0.2) is 0 Å². The molecule has 80 valence electrons. The molecule has 0 saturated carbocycles. The zero-order valence-corrected chi connectivity index (χ0v) is 10.5. The van der Waals surface area contributed by atoms with Crippen LogP contribution < -0.4 is 0 Å². The van der Waals surface area contributed by atoms with E-state index < -0.39 is 0 Å². The lowest BCUT2D eigenvalue weighted by atomic mass is 9.76. The summed E-state index contributed by atoms with van der Waals surface area (Å²) in [5.41, 5.74) is 0.461. The Balaban J connectivity index is 4.11. The maximum atomic E-state index is 2.42.